The molecule has 3 aliphatic rings. The number of nitrogens with zero attached hydrogens (tertiary/aromatic N) is 3. The molecule has 3 fully saturated rings. The van der Waals surface area contributed by atoms with Gasteiger partial charge in [0.1, 0.15) is 6.54 Å². The van der Waals surface area contributed by atoms with Crippen molar-refractivity contribution in [1.82, 2.24) is 9.80 Å². The Balaban J connectivity index is 1.58. The molecule has 0 spiro atoms. The quantitative estimate of drug-likeness (QED) is 0.798. The van der Waals surface area contributed by atoms with E-state index in [4.69, 9.17) is 5.11 Å². The molecular formula is C15H22N3O+. The molecule has 0 aliphatic carbocycles. The minimum Gasteiger partial charge on any atom is -0.392 e. The van der Waals surface area contributed by atoms with Crippen LogP contribution in [0.4, 0.5) is 0 Å². The van der Waals surface area contributed by atoms with Crippen LogP contribution in [0, 0.1) is 0 Å². The molecule has 0 aromatic heterocycles. The molecule has 0 bridgehead atoms. The Bertz CT molecular complexity index is 457. The van der Waals surface area contributed by atoms with Crippen molar-refractivity contribution >= 4 is 0 Å². The van der Waals surface area contributed by atoms with E-state index in [1.54, 1.807) is 0 Å². The van der Waals surface area contributed by atoms with Gasteiger partial charge >= 0.3 is 0 Å². The molecule has 3 saturated heterocycles. The van der Waals surface area contributed by atoms with Crippen molar-refractivity contribution in [3.8, 4) is 0 Å². The maximum absolute atomic E-state index is 9.12. The summed E-state index contributed by atoms with van der Waals surface area (Å²) in [6.07, 6.45) is 0.650. The van der Waals surface area contributed by atoms with Crippen LogP contribution in [0.5, 0.6) is 0 Å². The van der Waals surface area contributed by atoms with E-state index >= 15 is 0 Å². The molecule has 0 unspecified atom stereocenters. The molecule has 0 saturated carbocycles. The molecule has 1 aromatic rings. The van der Waals surface area contributed by atoms with Gasteiger partial charge in [0.2, 0.25) is 6.29 Å². The lowest BCUT2D eigenvalue weighted by Crippen LogP contribution is -2.51. The van der Waals surface area contributed by atoms with Gasteiger partial charge in [-0.25, -0.2) is 9.80 Å². The summed E-state index contributed by atoms with van der Waals surface area (Å²) in [4.78, 5) is 5.32. The van der Waals surface area contributed by atoms with Gasteiger partial charge in [0.15, 0.2) is 0 Å². The van der Waals surface area contributed by atoms with Crippen LogP contribution in [-0.4, -0.2) is 64.9 Å². The summed E-state index contributed by atoms with van der Waals surface area (Å²) in [5.74, 6) is 0. The second kappa shape index (κ2) is 4.28. The molecule has 102 valence electrons. The van der Waals surface area contributed by atoms with Crippen LogP contribution in [0.2, 0.25) is 0 Å². The van der Waals surface area contributed by atoms with Gasteiger partial charge in [0.25, 0.3) is 0 Å². The smallest absolute Gasteiger partial charge is 0.206 e. The standard InChI is InChI=1S/C15H22N3O/c19-12-14-3-1-13(2-4-14)11-18-9-7-16-5-6-17(8-10-18)15(16)18/h1-4,15,19H,5-12H2/q+1. The number of hydrogen-bond donors (Lipinski definition) is 1. The zero-order chi connectivity index (χ0) is 12.9. The summed E-state index contributed by atoms with van der Waals surface area (Å²) in [7, 11) is 0. The lowest BCUT2D eigenvalue weighted by molar-refractivity contribution is -0.949. The van der Waals surface area contributed by atoms with Crippen LogP contribution in [-0.2, 0) is 13.2 Å². The average molecular weight is 260 g/mol. The maximum Gasteiger partial charge on any atom is 0.206 e. The van der Waals surface area contributed by atoms with Crippen LogP contribution in [0.25, 0.3) is 0 Å². The van der Waals surface area contributed by atoms with Crippen LogP contribution < -0.4 is 0 Å². The first-order valence-electron chi connectivity index (χ1n) is 7.33. The highest BCUT2D eigenvalue weighted by Crippen LogP contribution is 2.37. The minimum absolute atomic E-state index is 0.143. The Labute approximate surface area is 114 Å². The lowest BCUT2D eigenvalue weighted by Gasteiger charge is -2.34. The molecule has 4 nitrogen and oxygen atoms in total. The summed E-state index contributed by atoms with van der Waals surface area (Å²) >= 11 is 0. The van der Waals surface area contributed by atoms with E-state index in [2.05, 4.69) is 34.1 Å². The Morgan fingerprint density at radius 2 is 1.53 bits per heavy atom. The first-order chi connectivity index (χ1) is 9.31. The van der Waals surface area contributed by atoms with E-state index in [-0.39, 0.29) is 6.61 Å². The summed E-state index contributed by atoms with van der Waals surface area (Å²) in [5, 5.41) is 9.12. The maximum atomic E-state index is 9.12. The summed E-state index contributed by atoms with van der Waals surface area (Å²) in [5.41, 5.74) is 2.42. The van der Waals surface area contributed by atoms with Gasteiger partial charge < -0.3 is 5.11 Å². The van der Waals surface area contributed by atoms with E-state index in [0.29, 0.717) is 6.29 Å². The van der Waals surface area contributed by atoms with Crippen LogP contribution in [0.1, 0.15) is 11.1 Å². The monoisotopic (exact) mass is 260 g/mol. The summed E-state index contributed by atoms with van der Waals surface area (Å²) < 4.78 is 1.23. The fourth-order valence-corrected chi connectivity index (χ4v) is 4.22. The summed E-state index contributed by atoms with van der Waals surface area (Å²) in [6.45, 7) is 8.91. The van der Waals surface area contributed by atoms with Gasteiger partial charge in [0, 0.05) is 18.7 Å². The third kappa shape index (κ3) is 1.75. The van der Waals surface area contributed by atoms with Gasteiger partial charge in [-0.2, -0.15) is 0 Å². The third-order valence-corrected chi connectivity index (χ3v) is 5.19. The molecular weight excluding hydrogens is 238 g/mol. The number of hydrogen-bond acceptors (Lipinski definition) is 3. The molecule has 1 aromatic carbocycles. The van der Waals surface area contributed by atoms with Crippen molar-refractivity contribution in [3.63, 3.8) is 0 Å². The molecule has 4 rings (SSSR count). The fraction of sp³-hybridized carbons (Fsp3) is 0.600. The van der Waals surface area contributed by atoms with Crippen molar-refractivity contribution in [3.05, 3.63) is 35.4 Å². The molecule has 4 heteroatoms. The predicted octanol–water partition coefficient (Wildman–Crippen LogP) is 0.424. The highest BCUT2D eigenvalue weighted by molar-refractivity contribution is 5.21. The number of aliphatic hydroxyl groups excluding tert-OH is 1. The van der Waals surface area contributed by atoms with E-state index in [1.807, 2.05) is 0 Å². The molecule has 19 heavy (non-hydrogen) atoms. The fourth-order valence-electron chi connectivity index (χ4n) is 4.22. The van der Waals surface area contributed by atoms with Gasteiger partial charge in [-0.05, 0) is 5.56 Å². The number of aliphatic hydroxyl groups is 1. The highest BCUT2D eigenvalue weighted by Gasteiger charge is 2.57. The SMILES string of the molecule is OCc1ccc(C[N+]23CCN4CCN(CC2)C43)cc1. The van der Waals surface area contributed by atoms with Gasteiger partial charge in [-0.3, -0.25) is 4.48 Å². The first-order valence-corrected chi connectivity index (χ1v) is 7.33. The Morgan fingerprint density at radius 3 is 2.11 bits per heavy atom. The van der Waals surface area contributed by atoms with Crippen molar-refractivity contribution in [2.24, 2.45) is 0 Å². The predicted molar refractivity (Wildman–Crippen MR) is 73.0 cm³/mol. The number of quaternary nitrogens is 1. The topological polar surface area (TPSA) is 26.7 Å². The zero-order valence-corrected chi connectivity index (χ0v) is 11.3. The van der Waals surface area contributed by atoms with Crippen molar-refractivity contribution < 1.29 is 9.59 Å². The largest absolute Gasteiger partial charge is 0.392 e. The Kier molecular flexibility index (Phi) is 2.67. The highest BCUT2D eigenvalue weighted by atomic mass is 16.3. The van der Waals surface area contributed by atoms with Crippen molar-refractivity contribution in [2.45, 2.75) is 19.4 Å². The average Bonchev–Trinajstić information content (AvgIpc) is 3.08. The third-order valence-electron chi connectivity index (χ3n) is 5.19. The minimum atomic E-state index is 0.143. The molecule has 1 N–H and O–H groups in total. The van der Waals surface area contributed by atoms with Crippen LogP contribution in [0.3, 0.4) is 0 Å². The second-order valence-electron chi connectivity index (χ2n) is 6.22. The number of rotatable bonds is 3. The molecule has 3 heterocycles. The van der Waals surface area contributed by atoms with E-state index in [1.165, 1.54) is 49.3 Å². The van der Waals surface area contributed by atoms with E-state index in [0.717, 1.165) is 12.1 Å². The van der Waals surface area contributed by atoms with Crippen LogP contribution >= 0.6 is 0 Å². The normalized spacial score (nSPS) is 34.1. The molecule has 0 atom stereocenters. The zero-order valence-electron chi connectivity index (χ0n) is 11.3. The Morgan fingerprint density at radius 1 is 0.947 bits per heavy atom. The summed E-state index contributed by atoms with van der Waals surface area (Å²) in [6, 6.07) is 8.51. The lowest BCUT2D eigenvalue weighted by atomic mass is 10.1. The van der Waals surface area contributed by atoms with E-state index < -0.39 is 0 Å². The van der Waals surface area contributed by atoms with Gasteiger partial charge in [0.05, 0.1) is 32.8 Å². The number of benzene rings is 1. The second-order valence-corrected chi connectivity index (χ2v) is 6.22. The van der Waals surface area contributed by atoms with E-state index in [9.17, 15) is 0 Å². The van der Waals surface area contributed by atoms with Crippen LogP contribution in [0.15, 0.2) is 24.3 Å². The van der Waals surface area contributed by atoms with Crippen molar-refractivity contribution in [1.29, 1.82) is 0 Å². The molecule has 0 amide bonds. The first kappa shape index (κ1) is 11.9. The van der Waals surface area contributed by atoms with Gasteiger partial charge in [-0.15, -0.1) is 0 Å². The Hall–Kier alpha value is -0.940. The van der Waals surface area contributed by atoms with Crippen molar-refractivity contribution in [2.75, 3.05) is 39.3 Å². The molecule has 3 aliphatic heterocycles. The van der Waals surface area contributed by atoms with Gasteiger partial charge in [-0.1, -0.05) is 24.3 Å². The molecule has 0 radical (unpaired) electrons.